The van der Waals surface area contributed by atoms with Crippen LogP contribution in [0.5, 0.6) is 5.88 Å². The van der Waals surface area contributed by atoms with Crippen LogP contribution in [-0.2, 0) is 11.3 Å². The Hall–Kier alpha value is -2.63. The Morgan fingerprint density at radius 1 is 1.38 bits per heavy atom. The molecule has 6 heteroatoms. The van der Waals surface area contributed by atoms with Gasteiger partial charge >= 0.3 is 5.97 Å². The smallest absolute Gasteiger partial charge is 0.341 e. The number of aryl methyl sites for hydroxylation is 1. The van der Waals surface area contributed by atoms with Crippen LogP contribution in [0.4, 0.5) is 10.1 Å². The molecule has 0 amide bonds. The molecule has 0 saturated heterocycles. The highest BCUT2D eigenvalue weighted by Gasteiger charge is 2.16. The van der Waals surface area contributed by atoms with Crippen molar-refractivity contribution in [1.82, 2.24) is 4.98 Å². The molecule has 0 atom stereocenters. The molecule has 2 N–H and O–H groups in total. The molecule has 1 aromatic carbocycles. The minimum absolute atomic E-state index is 0.0800. The zero-order valence-electron chi connectivity index (χ0n) is 11.7. The maximum absolute atomic E-state index is 13.9. The highest BCUT2D eigenvalue weighted by molar-refractivity contribution is 5.91. The van der Waals surface area contributed by atoms with Gasteiger partial charge in [0.25, 0.3) is 0 Å². The third-order valence-electron chi connectivity index (χ3n) is 2.84. The average Bonchev–Trinajstić information content (AvgIpc) is 2.48. The van der Waals surface area contributed by atoms with Crippen molar-refractivity contribution in [2.45, 2.75) is 13.5 Å². The Morgan fingerprint density at radius 3 is 2.86 bits per heavy atom. The summed E-state index contributed by atoms with van der Waals surface area (Å²) in [7, 11) is 1.49. The van der Waals surface area contributed by atoms with Crippen molar-refractivity contribution >= 4 is 11.7 Å². The van der Waals surface area contributed by atoms with Crippen LogP contribution >= 0.6 is 0 Å². The predicted molar refractivity (Wildman–Crippen MR) is 75.5 cm³/mol. The molecular weight excluding hydrogens is 275 g/mol. The van der Waals surface area contributed by atoms with Gasteiger partial charge in [-0.25, -0.2) is 14.2 Å². The number of pyridine rings is 1. The van der Waals surface area contributed by atoms with E-state index < -0.39 is 11.8 Å². The molecule has 2 rings (SSSR count). The van der Waals surface area contributed by atoms with Crippen LogP contribution in [0.3, 0.4) is 0 Å². The lowest BCUT2D eigenvalue weighted by Gasteiger charge is -2.08. The van der Waals surface area contributed by atoms with E-state index in [9.17, 15) is 9.18 Å². The summed E-state index contributed by atoms with van der Waals surface area (Å²) in [5.41, 5.74) is 6.53. The van der Waals surface area contributed by atoms with Crippen LogP contribution in [0.15, 0.2) is 30.3 Å². The summed E-state index contributed by atoms with van der Waals surface area (Å²) in [5.74, 6) is -1.00. The fourth-order valence-corrected chi connectivity index (χ4v) is 1.81. The number of anilines is 1. The van der Waals surface area contributed by atoms with Crippen LogP contribution in [0.2, 0.25) is 0 Å². The SMILES string of the molecule is COc1cccc(COC(=O)c2cc(N)cc(C)c2F)n1. The Morgan fingerprint density at radius 2 is 2.14 bits per heavy atom. The van der Waals surface area contributed by atoms with E-state index in [0.717, 1.165) is 0 Å². The number of benzene rings is 1. The maximum Gasteiger partial charge on any atom is 0.341 e. The van der Waals surface area contributed by atoms with E-state index >= 15 is 0 Å². The molecule has 5 nitrogen and oxygen atoms in total. The fraction of sp³-hybridized carbons (Fsp3) is 0.200. The van der Waals surface area contributed by atoms with E-state index in [1.54, 1.807) is 18.2 Å². The predicted octanol–water partition coefficient (Wildman–Crippen LogP) is 2.48. The number of nitrogen functional groups attached to an aromatic ring is 1. The molecule has 110 valence electrons. The molecule has 1 aromatic heterocycles. The Labute approximate surface area is 121 Å². The van der Waals surface area contributed by atoms with Crippen molar-refractivity contribution in [2.24, 2.45) is 0 Å². The van der Waals surface area contributed by atoms with Crippen molar-refractivity contribution in [3.05, 3.63) is 53.0 Å². The summed E-state index contributed by atoms with van der Waals surface area (Å²) in [6.45, 7) is 1.45. The number of carbonyl (C=O) groups is 1. The van der Waals surface area contributed by atoms with Crippen LogP contribution in [0, 0.1) is 12.7 Å². The Bertz CT molecular complexity index is 674. The van der Waals surface area contributed by atoms with E-state index in [-0.39, 0.29) is 12.2 Å². The van der Waals surface area contributed by atoms with Crippen molar-refractivity contribution in [2.75, 3.05) is 12.8 Å². The highest BCUT2D eigenvalue weighted by atomic mass is 19.1. The first-order valence-corrected chi connectivity index (χ1v) is 6.24. The van der Waals surface area contributed by atoms with Crippen molar-refractivity contribution < 1.29 is 18.7 Å². The quantitative estimate of drug-likeness (QED) is 0.691. The van der Waals surface area contributed by atoms with Crippen LogP contribution in [-0.4, -0.2) is 18.1 Å². The second-order valence-corrected chi connectivity index (χ2v) is 4.45. The van der Waals surface area contributed by atoms with Gasteiger partial charge in [0, 0.05) is 11.8 Å². The standard InChI is InChI=1S/C15H15FN2O3/c1-9-6-10(17)7-12(14(9)16)15(19)21-8-11-4-3-5-13(18-11)20-2/h3-7H,8,17H2,1-2H3. The van der Waals surface area contributed by atoms with Crippen LogP contribution in [0.1, 0.15) is 21.6 Å². The van der Waals surface area contributed by atoms with Gasteiger partial charge in [-0.3, -0.25) is 0 Å². The van der Waals surface area contributed by atoms with Gasteiger partial charge in [0.1, 0.15) is 12.4 Å². The molecule has 2 aromatic rings. The third kappa shape index (κ3) is 3.47. The van der Waals surface area contributed by atoms with E-state index in [1.165, 1.54) is 26.2 Å². The fourth-order valence-electron chi connectivity index (χ4n) is 1.81. The summed E-state index contributed by atoms with van der Waals surface area (Å²) < 4.78 is 23.9. The summed E-state index contributed by atoms with van der Waals surface area (Å²) in [6.07, 6.45) is 0. The van der Waals surface area contributed by atoms with Gasteiger partial charge in [-0.05, 0) is 30.7 Å². The molecule has 0 aliphatic carbocycles. The number of aromatic nitrogens is 1. The second-order valence-electron chi connectivity index (χ2n) is 4.45. The maximum atomic E-state index is 13.9. The van der Waals surface area contributed by atoms with Crippen molar-refractivity contribution in [3.8, 4) is 5.88 Å². The Balaban J connectivity index is 2.11. The first kappa shape index (κ1) is 14.8. The zero-order chi connectivity index (χ0) is 15.4. The second kappa shape index (κ2) is 6.21. The minimum Gasteiger partial charge on any atom is -0.481 e. The summed E-state index contributed by atoms with van der Waals surface area (Å²) in [5, 5.41) is 0. The number of hydrogen-bond donors (Lipinski definition) is 1. The summed E-state index contributed by atoms with van der Waals surface area (Å²) >= 11 is 0. The molecule has 0 unspecified atom stereocenters. The van der Waals surface area contributed by atoms with Crippen LogP contribution in [0.25, 0.3) is 0 Å². The highest BCUT2D eigenvalue weighted by Crippen LogP contribution is 2.18. The normalized spacial score (nSPS) is 10.2. The largest absolute Gasteiger partial charge is 0.481 e. The van der Waals surface area contributed by atoms with E-state index in [2.05, 4.69) is 4.98 Å². The van der Waals surface area contributed by atoms with Gasteiger partial charge in [0.15, 0.2) is 0 Å². The number of ether oxygens (including phenoxy) is 2. The molecule has 0 fully saturated rings. The molecule has 0 radical (unpaired) electrons. The van der Waals surface area contributed by atoms with Crippen molar-refractivity contribution in [3.63, 3.8) is 0 Å². The minimum atomic E-state index is -0.785. The molecule has 0 spiro atoms. The van der Waals surface area contributed by atoms with Gasteiger partial charge in [-0.1, -0.05) is 6.07 Å². The third-order valence-corrected chi connectivity index (χ3v) is 2.84. The lowest BCUT2D eigenvalue weighted by molar-refractivity contribution is 0.0461. The number of methoxy groups -OCH3 is 1. The van der Waals surface area contributed by atoms with Gasteiger partial charge in [0.2, 0.25) is 5.88 Å². The lowest BCUT2D eigenvalue weighted by atomic mass is 10.1. The average molecular weight is 290 g/mol. The molecule has 0 saturated carbocycles. The van der Waals surface area contributed by atoms with Gasteiger partial charge in [-0.2, -0.15) is 0 Å². The topological polar surface area (TPSA) is 74.4 Å². The lowest BCUT2D eigenvalue weighted by Crippen LogP contribution is -2.10. The number of nitrogens with two attached hydrogens (primary N) is 1. The van der Waals surface area contributed by atoms with E-state index in [4.69, 9.17) is 15.2 Å². The number of hydrogen-bond acceptors (Lipinski definition) is 5. The number of halogens is 1. The molecule has 0 aliphatic heterocycles. The van der Waals surface area contributed by atoms with E-state index in [0.29, 0.717) is 22.8 Å². The summed E-state index contributed by atoms with van der Waals surface area (Å²) in [6, 6.07) is 7.78. The number of carbonyl (C=O) groups excluding carboxylic acids is 1. The molecular formula is C15H15FN2O3. The van der Waals surface area contributed by atoms with Crippen LogP contribution < -0.4 is 10.5 Å². The van der Waals surface area contributed by atoms with Gasteiger partial charge in [-0.15, -0.1) is 0 Å². The molecule has 0 aliphatic rings. The number of esters is 1. The Kier molecular flexibility index (Phi) is 4.37. The van der Waals surface area contributed by atoms with Gasteiger partial charge in [0.05, 0.1) is 18.4 Å². The zero-order valence-corrected chi connectivity index (χ0v) is 11.7. The van der Waals surface area contributed by atoms with Gasteiger partial charge < -0.3 is 15.2 Å². The first-order chi connectivity index (χ1) is 10.0. The number of nitrogens with zero attached hydrogens (tertiary/aromatic N) is 1. The monoisotopic (exact) mass is 290 g/mol. The summed E-state index contributed by atoms with van der Waals surface area (Å²) in [4.78, 5) is 16.0. The first-order valence-electron chi connectivity index (χ1n) is 6.24. The molecule has 21 heavy (non-hydrogen) atoms. The molecule has 1 heterocycles. The number of rotatable bonds is 4. The van der Waals surface area contributed by atoms with Crippen molar-refractivity contribution in [1.29, 1.82) is 0 Å². The molecule has 0 bridgehead atoms. The van der Waals surface area contributed by atoms with E-state index in [1.807, 2.05) is 0 Å².